The molecule has 0 saturated carbocycles. The van der Waals surface area contributed by atoms with Crippen LogP contribution < -0.4 is 0 Å². The molecule has 21 heavy (non-hydrogen) atoms. The SMILES string of the molecule is c1ccc([C@@H](c2cccs2)c2c[nH]c3ccccc23)cc1. The molecule has 0 spiro atoms. The lowest BCUT2D eigenvalue weighted by molar-refractivity contribution is 1.02. The highest BCUT2D eigenvalue weighted by Gasteiger charge is 2.20. The van der Waals surface area contributed by atoms with Gasteiger partial charge in [0, 0.05) is 27.9 Å². The second kappa shape index (κ2) is 5.23. The Balaban J connectivity index is 1.95. The van der Waals surface area contributed by atoms with Crippen molar-refractivity contribution in [2.75, 3.05) is 0 Å². The van der Waals surface area contributed by atoms with E-state index in [1.807, 2.05) is 11.3 Å². The summed E-state index contributed by atoms with van der Waals surface area (Å²) in [5.74, 6) is 0.294. The number of benzene rings is 2. The quantitative estimate of drug-likeness (QED) is 0.519. The number of para-hydroxylation sites is 1. The van der Waals surface area contributed by atoms with Gasteiger partial charge in [-0.1, -0.05) is 54.6 Å². The highest BCUT2D eigenvalue weighted by atomic mass is 32.1. The fraction of sp³-hybridized carbons (Fsp3) is 0.0526. The topological polar surface area (TPSA) is 15.8 Å². The van der Waals surface area contributed by atoms with Gasteiger partial charge in [0.25, 0.3) is 0 Å². The van der Waals surface area contributed by atoms with Gasteiger partial charge in [-0.3, -0.25) is 0 Å². The van der Waals surface area contributed by atoms with E-state index in [-0.39, 0.29) is 0 Å². The van der Waals surface area contributed by atoms with E-state index in [0.717, 1.165) is 0 Å². The molecule has 0 bridgehead atoms. The first-order chi connectivity index (χ1) is 10.4. The average Bonchev–Trinajstić information content (AvgIpc) is 3.20. The van der Waals surface area contributed by atoms with Crippen molar-refractivity contribution in [1.82, 2.24) is 4.98 Å². The minimum Gasteiger partial charge on any atom is -0.361 e. The predicted molar refractivity (Wildman–Crippen MR) is 90.0 cm³/mol. The van der Waals surface area contributed by atoms with Crippen molar-refractivity contribution in [3.63, 3.8) is 0 Å². The zero-order valence-electron chi connectivity index (χ0n) is 11.5. The van der Waals surface area contributed by atoms with Crippen LogP contribution in [0, 0.1) is 0 Å². The molecular formula is C19H15NS. The van der Waals surface area contributed by atoms with Gasteiger partial charge in [-0.25, -0.2) is 0 Å². The van der Waals surface area contributed by atoms with Crippen LogP contribution in [-0.2, 0) is 0 Å². The minimum atomic E-state index is 0.294. The Hall–Kier alpha value is -2.32. The van der Waals surface area contributed by atoms with Crippen LogP contribution in [0.4, 0.5) is 0 Å². The van der Waals surface area contributed by atoms with E-state index >= 15 is 0 Å². The second-order valence-electron chi connectivity index (χ2n) is 5.15. The van der Waals surface area contributed by atoms with E-state index in [1.165, 1.54) is 26.9 Å². The summed E-state index contributed by atoms with van der Waals surface area (Å²) in [7, 11) is 0. The summed E-state index contributed by atoms with van der Waals surface area (Å²) in [6.45, 7) is 0. The van der Waals surface area contributed by atoms with Gasteiger partial charge in [0.2, 0.25) is 0 Å². The standard InChI is InChI=1S/C19H15NS/c1-2-7-14(8-3-1)19(18-11-6-12-21-18)16-13-20-17-10-5-4-9-15(16)17/h1-13,19-20H/t19-/m1/s1. The molecule has 0 aliphatic rings. The summed E-state index contributed by atoms with van der Waals surface area (Å²) in [6, 6.07) is 23.6. The fourth-order valence-electron chi connectivity index (χ4n) is 2.93. The second-order valence-corrected chi connectivity index (χ2v) is 6.13. The van der Waals surface area contributed by atoms with Gasteiger partial charge in [-0.15, -0.1) is 11.3 Å². The number of fused-ring (bicyclic) bond motifs is 1. The molecule has 0 radical (unpaired) electrons. The lowest BCUT2D eigenvalue weighted by Crippen LogP contribution is -2.00. The number of H-pyrrole nitrogens is 1. The number of aromatic amines is 1. The van der Waals surface area contributed by atoms with Crippen molar-refractivity contribution in [3.8, 4) is 0 Å². The van der Waals surface area contributed by atoms with Gasteiger partial charge in [0.05, 0.1) is 0 Å². The Bertz CT molecular complexity index is 844. The molecule has 2 aromatic carbocycles. The first-order valence-electron chi connectivity index (χ1n) is 7.08. The van der Waals surface area contributed by atoms with Crippen LogP contribution in [-0.4, -0.2) is 4.98 Å². The molecule has 1 N–H and O–H groups in total. The summed E-state index contributed by atoms with van der Waals surface area (Å²) < 4.78 is 0. The van der Waals surface area contributed by atoms with Gasteiger partial charge in [0.1, 0.15) is 0 Å². The zero-order valence-corrected chi connectivity index (χ0v) is 12.3. The minimum absolute atomic E-state index is 0.294. The van der Waals surface area contributed by atoms with Crippen LogP contribution in [0.3, 0.4) is 0 Å². The maximum absolute atomic E-state index is 3.40. The van der Waals surface area contributed by atoms with Gasteiger partial charge < -0.3 is 4.98 Å². The monoisotopic (exact) mass is 289 g/mol. The zero-order chi connectivity index (χ0) is 14.1. The van der Waals surface area contributed by atoms with Crippen molar-refractivity contribution in [1.29, 1.82) is 0 Å². The maximum Gasteiger partial charge on any atom is 0.0457 e. The third-order valence-corrected chi connectivity index (χ3v) is 4.83. The molecule has 0 saturated heterocycles. The molecule has 2 aromatic heterocycles. The number of hydrogen-bond acceptors (Lipinski definition) is 1. The van der Waals surface area contributed by atoms with Crippen molar-refractivity contribution < 1.29 is 0 Å². The molecule has 0 aliphatic carbocycles. The van der Waals surface area contributed by atoms with Gasteiger partial charge in [0.15, 0.2) is 0 Å². The van der Waals surface area contributed by atoms with Crippen LogP contribution in [0.15, 0.2) is 78.3 Å². The molecule has 4 aromatic rings. The first kappa shape index (κ1) is 12.4. The highest BCUT2D eigenvalue weighted by molar-refractivity contribution is 7.10. The molecule has 0 amide bonds. The Kier molecular flexibility index (Phi) is 3.09. The summed E-state index contributed by atoms with van der Waals surface area (Å²) >= 11 is 1.82. The molecule has 102 valence electrons. The molecule has 2 heterocycles. The van der Waals surface area contributed by atoms with E-state index in [2.05, 4.69) is 83.3 Å². The van der Waals surface area contributed by atoms with Crippen LogP contribution in [0.2, 0.25) is 0 Å². The number of nitrogens with one attached hydrogen (secondary N) is 1. The molecule has 0 unspecified atom stereocenters. The van der Waals surface area contributed by atoms with Crippen molar-refractivity contribution >= 4 is 22.2 Å². The number of thiophene rings is 1. The van der Waals surface area contributed by atoms with Gasteiger partial charge in [-0.05, 0) is 28.6 Å². The average molecular weight is 289 g/mol. The third kappa shape index (κ3) is 2.18. The molecular weight excluding hydrogens is 274 g/mol. The van der Waals surface area contributed by atoms with Crippen molar-refractivity contribution in [3.05, 3.63) is 94.3 Å². The van der Waals surface area contributed by atoms with E-state index < -0.39 is 0 Å². The molecule has 4 rings (SSSR count). The van der Waals surface area contributed by atoms with E-state index in [1.54, 1.807) is 0 Å². The van der Waals surface area contributed by atoms with Crippen LogP contribution >= 0.6 is 11.3 Å². The smallest absolute Gasteiger partial charge is 0.0457 e. The van der Waals surface area contributed by atoms with Gasteiger partial charge in [-0.2, -0.15) is 0 Å². The van der Waals surface area contributed by atoms with Crippen LogP contribution in [0.25, 0.3) is 10.9 Å². The molecule has 2 heteroatoms. The predicted octanol–water partition coefficient (Wildman–Crippen LogP) is 5.41. The first-order valence-corrected chi connectivity index (χ1v) is 7.96. The number of aromatic nitrogens is 1. The third-order valence-electron chi connectivity index (χ3n) is 3.89. The Morgan fingerprint density at radius 1 is 0.810 bits per heavy atom. The molecule has 1 nitrogen and oxygen atoms in total. The maximum atomic E-state index is 3.40. The van der Waals surface area contributed by atoms with Crippen LogP contribution in [0.5, 0.6) is 0 Å². The van der Waals surface area contributed by atoms with Crippen molar-refractivity contribution in [2.24, 2.45) is 0 Å². The fourth-order valence-corrected chi connectivity index (χ4v) is 3.80. The normalized spacial score (nSPS) is 12.6. The van der Waals surface area contributed by atoms with Crippen LogP contribution in [0.1, 0.15) is 21.9 Å². The summed E-state index contributed by atoms with van der Waals surface area (Å²) in [6.07, 6.45) is 2.15. The summed E-state index contributed by atoms with van der Waals surface area (Å²) in [5, 5.41) is 3.46. The Morgan fingerprint density at radius 2 is 1.62 bits per heavy atom. The summed E-state index contributed by atoms with van der Waals surface area (Å²) in [5.41, 5.74) is 3.88. The van der Waals surface area contributed by atoms with E-state index in [0.29, 0.717) is 5.92 Å². The Morgan fingerprint density at radius 3 is 2.43 bits per heavy atom. The van der Waals surface area contributed by atoms with E-state index in [9.17, 15) is 0 Å². The van der Waals surface area contributed by atoms with E-state index in [4.69, 9.17) is 0 Å². The summed E-state index contributed by atoms with van der Waals surface area (Å²) in [4.78, 5) is 4.79. The molecule has 0 aliphatic heterocycles. The molecule has 1 atom stereocenters. The number of rotatable bonds is 3. The molecule has 0 fully saturated rings. The van der Waals surface area contributed by atoms with Crippen molar-refractivity contribution in [2.45, 2.75) is 5.92 Å². The Labute approximate surface area is 127 Å². The van der Waals surface area contributed by atoms with Gasteiger partial charge >= 0.3 is 0 Å². The lowest BCUT2D eigenvalue weighted by Gasteiger charge is -2.15. The highest BCUT2D eigenvalue weighted by Crippen LogP contribution is 2.37. The number of hydrogen-bond donors (Lipinski definition) is 1. The largest absolute Gasteiger partial charge is 0.361 e. The lowest BCUT2D eigenvalue weighted by atomic mass is 9.90.